The number of anilines is 1. The Kier molecular flexibility index (Phi) is 4.93. The van der Waals surface area contributed by atoms with Crippen molar-refractivity contribution in [3.05, 3.63) is 82.5 Å². The van der Waals surface area contributed by atoms with Gasteiger partial charge in [0.15, 0.2) is 18.2 Å². The molecule has 32 heavy (non-hydrogen) atoms. The number of para-hydroxylation sites is 1. The fourth-order valence-corrected chi connectivity index (χ4v) is 3.97. The molecular weight excluding hydrogens is 413 g/mol. The molecule has 3 aromatic carbocycles. The van der Waals surface area contributed by atoms with Crippen LogP contribution in [0.25, 0.3) is 22.1 Å². The van der Waals surface area contributed by atoms with Gasteiger partial charge in [0, 0.05) is 0 Å². The molecule has 7 heteroatoms. The monoisotopic (exact) mass is 433 g/mol. The Morgan fingerprint density at radius 3 is 2.59 bits per heavy atom. The molecule has 0 saturated carbocycles. The van der Waals surface area contributed by atoms with Crippen LogP contribution in [-0.2, 0) is 6.54 Å². The first-order valence-corrected chi connectivity index (χ1v) is 10.0. The van der Waals surface area contributed by atoms with Crippen LogP contribution < -0.4 is 24.5 Å². The molecule has 0 spiro atoms. The third-order valence-corrected chi connectivity index (χ3v) is 5.61. The van der Waals surface area contributed by atoms with Gasteiger partial charge in [0.1, 0.15) is 23.4 Å². The van der Waals surface area contributed by atoms with Crippen LogP contribution in [0.1, 0.15) is 5.56 Å². The van der Waals surface area contributed by atoms with Crippen LogP contribution in [0.15, 0.2) is 70.1 Å². The standard InChI is InChI=1S/C25H20FNO5/c1-29-22-9-7-15(11-23(22)30-2)18-13-31-25-16(24(18)28)8-10-21-17(25)12-27(14-32-21)20-6-4-3-5-19(20)26/h3-11,13H,12,14H2,1-2H3. The summed E-state index contributed by atoms with van der Waals surface area (Å²) in [5, 5.41) is 0.426. The van der Waals surface area contributed by atoms with Crippen LogP contribution in [0.3, 0.4) is 0 Å². The number of halogens is 1. The van der Waals surface area contributed by atoms with E-state index in [0.717, 1.165) is 0 Å². The third kappa shape index (κ3) is 3.22. The van der Waals surface area contributed by atoms with Gasteiger partial charge in [0.2, 0.25) is 5.43 Å². The second-order valence-electron chi connectivity index (χ2n) is 7.39. The third-order valence-electron chi connectivity index (χ3n) is 5.61. The van der Waals surface area contributed by atoms with E-state index in [9.17, 15) is 9.18 Å². The smallest absolute Gasteiger partial charge is 0.200 e. The first-order valence-electron chi connectivity index (χ1n) is 10.0. The summed E-state index contributed by atoms with van der Waals surface area (Å²) in [4.78, 5) is 15.1. The molecule has 0 atom stereocenters. The molecule has 5 rings (SSSR count). The first kappa shape index (κ1) is 19.9. The number of benzene rings is 3. The number of methoxy groups -OCH3 is 2. The molecule has 1 aliphatic heterocycles. The maximum absolute atomic E-state index is 14.3. The zero-order valence-electron chi connectivity index (χ0n) is 17.6. The van der Waals surface area contributed by atoms with E-state index in [4.69, 9.17) is 18.6 Å². The molecular formula is C25H20FNO5. The van der Waals surface area contributed by atoms with Crippen molar-refractivity contribution >= 4 is 16.7 Å². The van der Waals surface area contributed by atoms with Gasteiger partial charge in [-0.15, -0.1) is 0 Å². The van der Waals surface area contributed by atoms with Gasteiger partial charge in [-0.25, -0.2) is 4.39 Å². The zero-order chi connectivity index (χ0) is 22.2. The number of ether oxygens (including phenoxy) is 3. The topological polar surface area (TPSA) is 61.1 Å². The number of nitrogens with zero attached hydrogens (tertiary/aromatic N) is 1. The minimum absolute atomic E-state index is 0.177. The van der Waals surface area contributed by atoms with Gasteiger partial charge in [-0.3, -0.25) is 4.79 Å². The minimum atomic E-state index is -0.336. The quantitative estimate of drug-likeness (QED) is 0.453. The van der Waals surface area contributed by atoms with Crippen molar-refractivity contribution in [2.75, 3.05) is 25.9 Å². The maximum atomic E-state index is 14.3. The lowest BCUT2D eigenvalue weighted by atomic mass is 10.0. The molecule has 4 aromatic rings. The highest BCUT2D eigenvalue weighted by molar-refractivity contribution is 5.86. The number of hydrogen-bond donors (Lipinski definition) is 0. The van der Waals surface area contributed by atoms with Crippen LogP contribution in [0.5, 0.6) is 17.2 Å². The van der Waals surface area contributed by atoms with Gasteiger partial charge in [-0.1, -0.05) is 18.2 Å². The molecule has 0 radical (unpaired) electrons. The van der Waals surface area contributed by atoms with Crippen molar-refractivity contribution < 1.29 is 23.0 Å². The zero-order valence-corrected chi connectivity index (χ0v) is 17.6. The lowest BCUT2D eigenvalue weighted by Gasteiger charge is -2.31. The van der Waals surface area contributed by atoms with E-state index in [0.29, 0.717) is 57.1 Å². The normalized spacial score (nSPS) is 12.9. The van der Waals surface area contributed by atoms with Crippen LogP contribution in [0.4, 0.5) is 10.1 Å². The van der Waals surface area contributed by atoms with Gasteiger partial charge >= 0.3 is 0 Å². The van der Waals surface area contributed by atoms with Crippen molar-refractivity contribution in [2.45, 2.75) is 6.54 Å². The van der Waals surface area contributed by atoms with E-state index in [1.165, 1.54) is 19.4 Å². The summed E-state index contributed by atoms with van der Waals surface area (Å²) in [5.41, 5.74) is 2.44. The average molecular weight is 433 g/mol. The van der Waals surface area contributed by atoms with Crippen molar-refractivity contribution in [2.24, 2.45) is 0 Å². The highest BCUT2D eigenvalue weighted by Crippen LogP contribution is 2.36. The van der Waals surface area contributed by atoms with Crippen molar-refractivity contribution in [3.8, 4) is 28.4 Å². The number of rotatable bonds is 4. The predicted octanol–water partition coefficient (Wildman–Crippen LogP) is 4.97. The molecule has 1 aromatic heterocycles. The van der Waals surface area contributed by atoms with Gasteiger partial charge < -0.3 is 23.5 Å². The summed E-state index contributed by atoms with van der Waals surface area (Å²) in [5.74, 6) is 1.37. The Morgan fingerprint density at radius 1 is 1.00 bits per heavy atom. The Hall–Kier alpha value is -4.00. The van der Waals surface area contributed by atoms with E-state index in [2.05, 4.69) is 0 Å². The van der Waals surface area contributed by atoms with Crippen LogP contribution >= 0.6 is 0 Å². The lowest BCUT2D eigenvalue weighted by Crippen LogP contribution is -2.32. The highest BCUT2D eigenvalue weighted by atomic mass is 19.1. The molecule has 1 aliphatic rings. The van der Waals surface area contributed by atoms with Crippen molar-refractivity contribution in [3.63, 3.8) is 0 Å². The molecule has 0 saturated heterocycles. The Labute approximate surface area is 183 Å². The lowest BCUT2D eigenvalue weighted by molar-refractivity contribution is 0.287. The fourth-order valence-electron chi connectivity index (χ4n) is 3.97. The average Bonchev–Trinajstić information content (AvgIpc) is 2.83. The molecule has 162 valence electrons. The number of fused-ring (bicyclic) bond motifs is 3. The summed E-state index contributed by atoms with van der Waals surface area (Å²) in [7, 11) is 3.09. The SMILES string of the molecule is COc1ccc(-c2coc3c4c(ccc3c2=O)OCN(c2ccccc2F)C4)cc1OC. The Balaban J connectivity index is 1.59. The highest BCUT2D eigenvalue weighted by Gasteiger charge is 2.24. The molecule has 0 amide bonds. The maximum Gasteiger partial charge on any atom is 0.200 e. The van der Waals surface area contributed by atoms with Gasteiger partial charge in [0.05, 0.1) is 43.0 Å². The summed E-state index contributed by atoms with van der Waals surface area (Å²) in [6, 6.07) is 15.2. The predicted molar refractivity (Wildman–Crippen MR) is 119 cm³/mol. The van der Waals surface area contributed by atoms with Gasteiger partial charge in [0.25, 0.3) is 0 Å². The van der Waals surface area contributed by atoms with E-state index in [1.807, 2.05) is 0 Å². The van der Waals surface area contributed by atoms with Gasteiger partial charge in [-0.05, 0) is 42.0 Å². The largest absolute Gasteiger partial charge is 0.493 e. The summed E-state index contributed by atoms with van der Waals surface area (Å²) < 4.78 is 36.7. The minimum Gasteiger partial charge on any atom is -0.493 e. The van der Waals surface area contributed by atoms with Crippen LogP contribution in [0.2, 0.25) is 0 Å². The molecule has 0 N–H and O–H groups in total. The summed E-state index contributed by atoms with van der Waals surface area (Å²) in [6.45, 7) is 0.555. The second kappa shape index (κ2) is 7.92. The van der Waals surface area contributed by atoms with E-state index in [-0.39, 0.29) is 18.0 Å². The van der Waals surface area contributed by atoms with E-state index < -0.39 is 0 Å². The molecule has 0 bridgehead atoms. The molecule has 0 fully saturated rings. The van der Waals surface area contributed by atoms with Crippen LogP contribution in [0, 0.1) is 5.82 Å². The Bertz CT molecular complexity index is 1380. The number of hydrogen-bond acceptors (Lipinski definition) is 6. The molecule has 0 unspecified atom stereocenters. The molecule has 6 nitrogen and oxygen atoms in total. The fraction of sp³-hybridized carbons (Fsp3) is 0.160. The summed E-state index contributed by atoms with van der Waals surface area (Å²) >= 11 is 0. The first-order chi connectivity index (χ1) is 15.6. The van der Waals surface area contributed by atoms with Crippen molar-refractivity contribution in [1.82, 2.24) is 0 Å². The Morgan fingerprint density at radius 2 is 1.81 bits per heavy atom. The molecule has 2 heterocycles. The molecule has 0 aliphatic carbocycles. The van der Waals surface area contributed by atoms with Gasteiger partial charge in [-0.2, -0.15) is 0 Å². The van der Waals surface area contributed by atoms with Crippen LogP contribution in [-0.4, -0.2) is 21.0 Å². The summed E-state index contributed by atoms with van der Waals surface area (Å²) in [6.07, 6.45) is 1.44. The second-order valence-corrected chi connectivity index (χ2v) is 7.39. The van der Waals surface area contributed by atoms with E-state index in [1.54, 1.807) is 60.5 Å². The van der Waals surface area contributed by atoms with E-state index >= 15 is 0 Å². The van der Waals surface area contributed by atoms with Crippen molar-refractivity contribution in [1.29, 1.82) is 0 Å².